The lowest BCUT2D eigenvalue weighted by Gasteiger charge is -2.09. The minimum absolute atomic E-state index is 0.0118. The van der Waals surface area contributed by atoms with Gasteiger partial charge in [0.05, 0.1) is 15.7 Å². The molecule has 0 aliphatic rings. The number of para-hydroxylation sites is 1. The quantitative estimate of drug-likeness (QED) is 0.654. The number of hydrogen-bond acceptors (Lipinski definition) is 2. The van der Waals surface area contributed by atoms with E-state index in [1.807, 2.05) is 0 Å². The van der Waals surface area contributed by atoms with Crippen LogP contribution in [0.15, 0.2) is 40.9 Å². The fraction of sp³-hybridized carbons (Fsp3) is 0. The summed E-state index contributed by atoms with van der Waals surface area (Å²) in [6, 6.07) is 8.19. The zero-order valence-corrected chi connectivity index (χ0v) is 11.2. The highest BCUT2D eigenvalue weighted by Crippen LogP contribution is 2.24. The zero-order valence-electron chi connectivity index (χ0n) is 9.58. The predicted octanol–water partition coefficient (Wildman–Crippen LogP) is 3.56. The van der Waals surface area contributed by atoms with Gasteiger partial charge in [-0.3, -0.25) is 4.79 Å². The number of halogens is 3. The van der Waals surface area contributed by atoms with Crippen LogP contribution in [0.4, 0.5) is 20.2 Å². The van der Waals surface area contributed by atoms with Gasteiger partial charge in [-0.2, -0.15) is 0 Å². The Hall–Kier alpha value is -1.95. The average molecular weight is 327 g/mol. The monoisotopic (exact) mass is 326 g/mol. The molecule has 6 heteroatoms. The van der Waals surface area contributed by atoms with Gasteiger partial charge in [0.2, 0.25) is 0 Å². The van der Waals surface area contributed by atoms with Gasteiger partial charge in [-0.25, -0.2) is 8.78 Å². The molecule has 98 valence electrons. The van der Waals surface area contributed by atoms with Crippen LogP contribution in [-0.4, -0.2) is 5.91 Å². The number of rotatable bonds is 2. The number of nitrogens with two attached hydrogens (primary N) is 1. The van der Waals surface area contributed by atoms with Gasteiger partial charge in [0.1, 0.15) is 11.6 Å². The van der Waals surface area contributed by atoms with Gasteiger partial charge < -0.3 is 11.1 Å². The fourth-order valence-corrected chi connectivity index (χ4v) is 1.83. The Bertz CT molecular complexity index is 647. The van der Waals surface area contributed by atoms with Crippen LogP contribution in [0.1, 0.15) is 10.4 Å². The van der Waals surface area contributed by atoms with Gasteiger partial charge in [0.25, 0.3) is 5.91 Å². The standard InChI is InChI=1S/C13H9BrF2N2O/c14-8-5-10(16)12(6-9(8)15)18-13(19)7-3-1-2-4-11(7)17/h1-6H,17H2,(H,18,19). The number of nitrogen functional groups attached to an aromatic ring is 1. The second-order valence-corrected chi connectivity index (χ2v) is 4.64. The zero-order chi connectivity index (χ0) is 14.0. The Balaban J connectivity index is 2.30. The first-order valence-corrected chi connectivity index (χ1v) is 6.08. The van der Waals surface area contributed by atoms with E-state index in [1.165, 1.54) is 6.07 Å². The van der Waals surface area contributed by atoms with Crippen LogP contribution >= 0.6 is 15.9 Å². The van der Waals surface area contributed by atoms with Crippen molar-refractivity contribution in [2.45, 2.75) is 0 Å². The van der Waals surface area contributed by atoms with Crippen molar-refractivity contribution >= 4 is 33.2 Å². The maximum atomic E-state index is 13.6. The minimum Gasteiger partial charge on any atom is -0.398 e. The van der Waals surface area contributed by atoms with Crippen LogP contribution in [0.3, 0.4) is 0 Å². The Labute approximate surface area is 116 Å². The fourth-order valence-electron chi connectivity index (χ4n) is 1.51. The SMILES string of the molecule is Nc1ccccc1C(=O)Nc1cc(F)c(Br)cc1F. The van der Waals surface area contributed by atoms with Crippen molar-refractivity contribution in [3.63, 3.8) is 0 Å². The molecule has 0 aliphatic carbocycles. The number of carbonyl (C=O) groups is 1. The van der Waals surface area contributed by atoms with Crippen molar-refractivity contribution in [2.75, 3.05) is 11.1 Å². The Morgan fingerprint density at radius 2 is 1.84 bits per heavy atom. The summed E-state index contributed by atoms with van der Waals surface area (Å²) in [6.07, 6.45) is 0. The molecule has 0 saturated heterocycles. The maximum absolute atomic E-state index is 13.6. The second kappa shape index (κ2) is 5.36. The topological polar surface area (TPSA) is 55.1 Å². The van der Waals surface area contributed by atoms with E-state index in [0.29, 0.717) is 0 Å². The summed E-state index contributed by atoms with van der Waals surface area (Å²) in [5.74, 6) is -2.01. The van der Waals surface area contributed by atoms with Gasteiger partial charge in [0, 0.05) is 11.8 Å². The first-order valence-electron chi connectivity index (χ1n) is 5.29. The van der Waals surface area contributed by atoms with Crippen LogP contribution in [0.5, 0.6) is 0 Å². The highest BCUT2D eigenvalue weighted by Gasteiger charge is 2.13. The molecule has 0 atom stereocenters. The van der Waals surface area contributed by atoms with Crippen molar-refractivity contribution in [2.24, 2.45) is 0 Å². The third-order valence-electron chi connectivity index (χ3n) is 2.46. The first kappa shape index (κ1) is 13.5. The van der Waals surface area contributed by atoms with E-state index in [4.69, 9.17) is 5.73 Å². The lowest BCUT2D eigenvalue weighted by Crippen LogP contribution is -2.15. The number of amides is 1. The summed E-state index contributed by atoms with van der Waals surface area (Å²) in [6.45, 7) is 0. The third kappa shape index (κ3) is 2.90. The molecule has 3 N–H and O–H groups in total. The molecule has 0 radical (unpaired) electrons. The summed E-state index contributed by atoms with van der Waals surface area (Å²) < 4.78 is 26.9. The van der Waals surface area contributed by atoms with Crippen molar-refractivity contribution in [3.05, 3.63) is 58.1 Å². The Kier molecular flexibility index (Phi) is 3.80. The number of nitrogens with one attached hydrogen (secondary N) is 1. The largest absolute Gasteiger partial charge is 0.398 e. The van der Waals surface area contributed by atoms with Gasteiger partial charge in [-0.15, -0.1) is 0 Å². The summed E-state index contributed by atoms with van der Waals surface area (Å²) >= 11 is 2.86. The normalized spacial score (nSPS) is 10.3. The molecule has 0 unspecified atom stereocenters. The molecule has 0 heterocycles. The average Bonchev–Trinajstić information content (AvgIpc) is 2.36. The number of anilines is 2. The van der Waals surface area contributed by atoms with Crippen LogP contribution in [-0.2, 0) is 0 Å². The van der Waals surface area contributed by atoms with Gasteiger partial charge in [-0.1, -0.05) is 12.1 Å². The molecule has 19 heavy (non-hydrogen) atoms. The van der Waals surface area contributed by atoms with Crippen molar-refractivity contribution in [1.82, 2.24) is 0 Å². The molecule has 1 amide bonds. The predicted molar refractivity (Wildman–Crippen MR) is 72.9 cm³/mol. The molecule has 2 aromatic carbocycles. The lowest BCUT2D eigenvalue weighted by molar-refractivity contribution is 0.102. The Morgan fingerprint density at radius 3 is 2.53 bits per heavy atom. The minimum atomic E-state index is -0.740. The van der Waals surface area contributed by atoms with Crippen molar-refractivity contribution in [1.29, 1.82) is 0 Å². The second-order valence-electron chi connectivity index (χ2n) is 3.79. The highest BCUT2D eigenvalue weighted by atomic mass is 79.9. The Morgan fingerprint density at radius 1 is 1.16 bits per heavy atom. The summed E-state index contributed by atoms with van der Waals surface area (Å²) in [4.78, 5) is 11.9. The smallest absolute Gasteiger partial charge is 0.257 e. The van der Waals surface area contributed by atoms with E-state index in [2.05, 4.69) is 21.2 Å². The van der Waals surface area contributed by atoms with Gasteiger partial charge >= 0.3 is 0 Å². The first-order chi connectivity index (χ1) is 8.99. The molecule has 0 saturated carbocycles. The highest BCUT2D eigenvalue weighted by molar-refractivity contribution is 9.10. The number of hydrogen-bond donors (Lipinski definition) is 2. The number of carbonyl (C=O) groups excluding carboxylic acids is 1. The lowest BCUT2D eigenvalue weighted by atomic mass is 10.1. The van der Waals surface area contributed by atoms with E-state index in [1.54, 1.807) is 18.2 Å². The molecule has 0 fully saturated rings. The summed E-state index contributed by atoms with van der Waals surface area (Å²) in [5, 5.41) is 2.28. The molecule has 0 spiro atoms. The third-order valence-corrected chi connectivity index (χ3v) is 3.07. The van der Waals surface area contributed by atoms with E-state index < -0.39 is 17.5 Å². The van der Waals surface area contributed by atoms with Gasteiger partial charge in [0.15, 0.2) is 0 Å². The van der Waals surface area contributed by atoms with Crippen LogP contribution < -0.4 is 11.1 Å². The molecular weight excluding hydrogens is 318 g/mol. The van der Waals surface area contributed by atoms with Crippen molar-refractivity contribution in [3.8, 4) is 0 Å². The molecule has 0 aliphatic heterocycles. The van der Waals surface area contributed by atoms with Crippen LogP contribution in [0.25, 0.3) is 0 Å². The van der Waals surface area contributed by atoms with Crippen LogP contribution in [0, 0.1) is 11.6 Å². The molecule has 2 aromatic rings. The molecule has 2 rings (SSSR count). The molecule has 0 bridgehead atoms. The van der Waals surface area contributed by atoms with Crippen LogP contribution in [0.2, 0.25) is 0 Å². The van der Waals surface area contributed by atoms with E-state index in [9.17, 15) is 13.6 Å². The summed E-state index contributed by atoms with van der Waals surface area (Å²) in [7, 11) is 0. The van der Waals surface area contributed by atoms with Gasteiger partial charge in [-0.05, 0) is 34.1 Å². The van der Waals surface area contributed by atoms with E-state index in [-0.39, 0.29) is 21.4 Å². The molecular formula is C13H9BrF2N2O. The van der Waals surface area contributed by atoms with Crippen molar-refractivity contribution < 1.29 is 13.6 Å². The van der Waals surface area contributed by atoms with E-state index in [0.717, 1.165) is 12.1 Å². The number of benzene rings is 2. The molecule has 3 nitrogen and oxygen atoms in total. The maximum Gasteiger partial charge on any atom is 0.257 e. The summed E-state index contributed by atoms with van der Waals surface area (Å²) in [5.41, 5.74) is 5.85. The molecule has 0 aromatic heterocycles. The van der Waals surface area contributed by atoms with E-state index >= 15 is 0 Å².